The molecule has 2 N–H and O–H groups in total. The summed E-state index contributed by atoms with van der Waals surface area (Å²) in [6.07, 6.45) is 1.84. The van der Waals surface area contributed by atoms with Crippen molar-refractivity contribution < 1.29 is 0 Å². The number of fused-ring (bicyclic) bond motifs is 1. The van der Waals surface area contributed by atoms with Crippen LogP contribution >= 0.6 is 11.6 Å². The van der Waals surface area contributed by atoms with E-state index in [1.54, 1.807) is 4.52 Å². The molecule has 18 heavy (non-hydrogen) atoms. The molecular formula is C13H11ClN4. The average molecular weight is 259 g/mol. The average Bonchev–Trinajstić information content (AvgIpc) is 2.71. The lowest BCUT2D eigenvalue weighted by Crippen LogP contribution is -1.90. The number of benzene rings is 1. The Morgan fingerprint density at radius 3 is 2.94 bits per heavy atom. The van der Waals surface area contributed by atoms with Gasteiger partial charge in [0, 0.05) is 11.2 Å². The molecule has 0 aliphatic carbocycles. The molecule has 5 heteroatoms. The second-order valence-corrected chi connectivity index (χ2v) is 4.51. The minimum absolute atomic E-state index is 0.273. The largest absolute Gasteiger partial charge is 0.366 e. The van der Waals surface area contributed by atoms with Crippen LogP contribution in [0, 0.1) is 6.92 Å². The summed E-state index contributed by atoms with van der Waals surface area (Å²) in [4.78, 5) is 4.15. The Bertz CT molecular complexity index is 733. The number of hydrogen-bond acceptors (Lipinski definition) is 3. The standard InChI is InChI=1S/C13H11ClN4/c1-8-10(3-2-4-11(8)14)9-5-6-18-12(7-9)16-13(15)17-18/h2-7H,1H3,(H2,15,17). The minimum Gasteiger partial charge on any atom is -0.366 e. The highest BCUT2D eigenvalue weighted by molar-refractivity contribution is 6.31. The van der Waals surface area contributed by atoms with E-state index in [0.29, 0.717) is 0 Å². The molecule has 0 saturated heterocycles. The van der Waals surface area contributed by atoms with Gasteiger partial charge in [-0.15, -0.1) is 5.10 Å². The molecule has 2 heterocycles. The summed E-state index contributed by atoms with van der Waals surface area (Å²) in [5, 5.41) is 4.80. The highest BCUT2D eigenvalue weighted by atomic mass is 35.5. The van der Waals surface area contributed by atoms with Crippen LogP contribution in [-0.2, 0) is 0 Å². The van der Waals surface area contributed by atoms with Crippen molar-refractivity contribution in [3.8, 4) is 11.1 Å². The molecule has 0 aliphatic heterocycles. The fraction of sp³-hybridized carbons (Fsp3) is 0.0769. The Kier molecular flexibility index (Phi) is 2.45. The molecule has 3 aromatic rings. The number of nitrogen functional groups attached to an aromatic ring is 1. The zero-order chi connectivity index (χ0) is 12.7. The van der Waals surface area contributed by atoms with Crippen molar-refractivity contribution in [1.82, 2.24) is 14.6 Å². The van der Waals surface area contributed by atoms with Crippen LogP contribution in [0.1, 0.15) is 5.56 Å². The Morgan fingerprint density at radius 2 is 2.11 bits per heavy atom. The first-order valence-electron chi connectivity index (χ1n) is 5.52. The van der Waals surface area contributed by atoms with E-state index in [0.717, 1.165) is 27.4 Å². The SMILES string of the molecule is Cc1c(Cl)cccc1-c1ccn2nc(N)nc2c1. The van der Waals surface area contributed by atoms with Gasteiger partial charge in [0.1, 0.15) is 0 Å². The number of nitrogens with zero attached hydrogens (tertiary/aromatic N) is 3. The summed E-state index contributed by atoms with van der Waals surface area (Å²) in [5.74, 6) is 0.273. The molecule has 0 fully saturated rings. The summed E-state index contributed by atoms with van der Waals surface area (Å²) in [6.45, 7) is 2.00. The molecule has 0 unspecified atom stereocenters. The lowest BCUT2D eigenvalue weighted by molar-refractivity contribution is 0.968. The van der Waals surface area contributed by atoms with Gasteiger partial charge in [-0.25, -0.2) is 4.52 Å². The van der Waals surface area contributed by atoms with Gasteiger partial charge in [-0.3, -0.25) is 0 Å². The van der Waals surface area contributed by atoms with Gasteiger partial charge in [-0.05, 0) is 41.8 Å². The van der Waals surface area contributed by atoms with Gasteiger partial charge in [0.15, 0.2) is 5.65 Å². The summed E-state index contributed by atoms with van der Waals surface area (Å²) in [6, 6.07) is 9.77. The summed E-state index contributed by atoms with van der Waals surface area (Å²) in [5.41, 5.74) is 9.49. The molecule has 90 valence electrons. The third kappa shape index (κ3) is 1.71. The van der Waals surface area contributed by atoms with Crippen LogP contribution in [0.4, 0.5) is 5.95 Å². The van der Waals surface area contributed by atoms with Crippen molar-refractivity contribution in [2.45, 2.75) is 6.92 Å². The van der Waals surface area contributed by atoms with Crippen LogP contribution in [0.25, 0.3) is 16.8 Å². The molecule has 1 aromatic carbocycles. The first-order chi connectivity index (χ1) is 8.65. The predicted octanol–water partition coefficient (Wildman–Crippen LogP) is 2.94. The lowest BCUT2D eigenvalue weighted by atomic mass is 10.0. The number of halogens is 1. The minimum atomic E-state index is 0.273. The van der Waals surface area contributed by atoms with E-state index in [-0.39, 0.29) is 5.95 Å². The molecule has 0 atom stereocenters. The maximum Gasteiger partial charge on any atom is 0.240 e. The smallest absolute Gasteiger partial charge is 0.240 e. The van der Waals surface area contributed by atoms with Crippen LogP contribution in [0.2, 0.25) is 5.02 Å². The topological polar surface area (TPSA) is 56.2 Å². The number of aromatic nitrogens is 3. The van der Waals surface area contributed by atoms with Crippen molar-refractivity contribution in [3.05, 3.63) is 47.1 Å². The number of nitrogens with two attached hydrogens (primary N) is 1. The normalized spacial score (nSPS) is 11.0. The van der Waals surface area contributed by atoms with E-state index in [2.05, 4.69) is 10.1 Å². The van der Waals surface area contributed by atoms with E-state index in [1.165, 1.54) is 0 Å². The Balaban J connectivity index is 2.22. The van der Waals surface area contributed by atoms with Gasteiger partial charge in [-0.1, -0.05) is 23.7 Å². The van der Waals surface area contributed by atoms with Crippen LogP contribution in [0.15, 0.2) is 36.5 Å². The van der Waals surface area contributed by atoms with E-state index < -0.39 is 0 Å². The van der Waals surface area contributed by atoms with Gasteiger partial charge in [0.05, 0.1) is 0 Å². The van der Waals surface area contributed by atoms with Crippen LogP contribution in [0.5, 0.6) is 0 Å². The van der Waals surface area contributed by atoms with Crippen molar-refractivity contribution in [2.75, 3.05) is 5.73 Å². The number of pyridine rings is 1. The first kappa shape index (κ1) is 11.0. The second kappa shape index (κ2) is 3.99. The first-order valence-corrected chi connectivity index (χ1v) is 5.90. The Hall–Kier alpha value is -2.07. The molecule has 0 saturated carbocycles. The zero-order valence-electron chi connectivity index (χ0n) is 9.76. The molecule has 0 amide bonds. The van der Waals surface area contributed by atoms with Crippen LogP contribution in [0.3, 0.4) is 0 Å². The number of rotatable bonds is 1. The van der Waals surface area contributed by atoms with Crippen LogP contribution < -0.4 is 5.73 Å². The third-order valence-electron chi connectivity index (χ3n) is 2.93. The Labute approximate surface area is 109 Å². The molecule has 0 bridgehead atoms. The van der Waals surface area contributed by atoms with Gasteiger partial charge in [-0.2, -0.15) is 4.98 Å². The van der Waals surface area contributed by atoms with Gasteiger partial charge >= 0.3 is 0 Å². The molecule has 0 radical (unpaired) electrons. The van der Waals surface area contributed by atoms with Crippen molar-refractivity contribution >= 4 is 23.2 Å². The fourth-order valence-corrected chi connectivity index (χ4v) is 2.16. The summed E-state index contributed by atoms with van der Waals surface area (Å²) in [7, 11) is 0. The van der Waals surface area contributed by atoms with E-state index in [4.69, 9.17) is 17.3 Å². The van der Waals surface area contributed by atoms with Crippen LogP contribution in [-0.4, -0.2) is 14.6 Å². The van der Waals surface area contributed by atoms with Crippen molar-refractivity contribution in [2.24, 2.45) is 0 Å². The molecule has 2 aromatic heterocycles. The molecule has 3 rings (SSSR count). The monoisotopic (exact) mass is 258 g/mol. The molecule has 0 spiro atoms. The van der Waals surface area contributed by atoms with Gasteiger partial charge in [0.25, 0.3) is 0 Å². The van der Waals surface area contributed by atoms with Gasteiger partial charge < -0.3 is 5.73 Å². The van der Waals surface area contributed by atoms with Crippen molar-refractivity contribution in [1.29, 1.82) is 0 Å². The number of hydrogen-bond donors (Lipinski definition) is 1. The quantitative estimate of drug-likeness (QED) is 0.730. The summed E-state index contributed by atoms with van der Waals surface area (Å²) < 4.78 is 1.65. The zero-order valence-corrected chi connectivity index (χ0v) is 10.5. The van der Waals surface area contributed by atoms with E-state index in [1.807, 2.05) is 43.5 Å². The highest BCUT2D eigenvalue weighted by Gasteiger charge is 2.07. The third-order valence-corrected chi connectivity index (χ3v) is 3.34. The van der Waals surface area contributed by atoms with E-state index in [9.17, 15) is 0 Å². The molecule has 0 aliphatic rings. The summed E-state index contributed by atoms with van der Waals surface area (Å²) >= 11 is 6.13. The van der Waals surface area contributed by atoms with E-state index >= 15 is 0 Å². The second-order valence-electron chi connectivity index (χ2n) is 4.10. The highest BCUT2D eigenvalue weighted by Crippen LogP contribution is 2.28. The molecular weight excluding hydrogens is 248 g/mol. The molecule has 4 nitrogen and oxygen atoms in total. The fourth-order valence-electron chi connectivity index (χ4n) is 1.99. The van der Waals surface area contributed by atoms with Gasteiger partial charge in [0.2, 0.25) is 5.95 Å². The maximum absolute atomic E-state index is 6.13. The maximum atomic E-state index is 6.13. The predicted molar refractivity (Wildman–Crippen MR) is 72.6 cm³/mol. The lowest BCUT2D eigenvalue weighted by Gasteiger charge is -2.07. The Morgan fingerprint density at radius 1 is 1.28 bits per heavy atom. The van der Waals surface area contributed by atoms with Crippen molar-refractivity contribution in [3.63, 3.8) is 0 Å². The number of anilines is 1.